The van der Waals surface area contributed by atoms with Gasteiger partial charge in [0.25, 0.3) is 5.91 Å². The van der Waals surface area contributed by atoms with E-state index in [4.69, 9.17) is 11.6 Å². The summed E-state index contributed by atoms with van der Waals surface area (Å²) in [7, 11) is 0. The maximum absolute atomic E-state index is 13.6. The molecule has 5 nitrogen and oxygen atoms in total. The van der Waals surface area contributed by atoms with Gasteiger partial charge in [0.05, 0.1) is 0 Å². The van der Waals surface area contributed by atoms with Gasteiger partial charge < -0.3 is 10.6 Å². The van der Waals surface area contributed by atoms with Gasteiger partial charge in [-0.05, 0) is 23.8 Å². The number of rotatable bonds is 6. The topological polar surface area (TPSA) is 66.9 Å². The van der Waals surface area contributed by atoms with Crippen LogP contribution in [0.3, 0.4) is 0 Å². The molecule has 0 saturated heterocycles. The number of halogens is 2. The Bertz CT molecular complexity index is 919. The van der Waals surface area contributed by atoms with Crippen LogP contribution in [-0.4, -0.2) is 15.9 Å². The summed E-state index contributed by atoms with van der Waals surface area (Å²) in [5, 5.41) is 6.27. The third-order valence-electron chi connectivity index (χ3n) is 3.68. The Balaban J connectivity index is 1.62. The second kappa shape index (κ2) is 8.40. The van der Waals surface area contributed by atoms with Gasteiger partial charge in [0.2, 0.25) is 5.95 Å². The van der Waals surface area contributed by atoms with Crippen LogP contribution in [0.25, 0.3) is 0 Å². The van der Waals surface area contributed by atoms with Gasteiger partial charge in [0, 0.05) is 29.9 Å². The van der Waals surface area contributed by atoms with Gasteiger partial charge in [-0.3, -0.25) is 4.79 Å². The fourth-order valence-electron chi connectivity index (χ4n) is 2.29. The van der Waals surface area contributed by atoms with Crippen LogP contribution in [0.5, 0.6) is 0 Å². The molecule has 26 heavy (non-hydrogen) atoms. The highest BCUT2D eigenvalue weighted by molar-refractivity contribution is 6.31. The molecule has 0 aliphatic carbocycles. The first kappa shape index (κ1) is 17.8. The lowest BCUT2D eigenvalue weighted by atomic mass is 10.2. The maximum atomic E-state index is 13.6. The van der Waals surface area contributed by atoms with Gasteiger partial charge in [0.15, 0.2) is 0 Å². The Labute approximate surface area is 155 Å². The van der Waals surface area contributed by atoms with E-state index < -0.39 is 0 Å². The molecule has 0 spiro atoms. The van der Waals surface area contributed by atoms with Crippen LogP contribution >= 0.6 is 11.6 Å². The van der Waals surface area contributed by atoms with E-state index in [-0.39, 0.29) is 29.9 Å². The first-order chi connectivity index (χ1) is 12.6. The molecule has 0 unspecified atom stereocenters. The number of benzene rings is 2. The third-order valence-corrected chi connectivity index (χ3v) is 4.05. The number of nitrogens with one attached hydrogen (secondary N) is 2. The molecule has 3 aromatic rings. The Morgan fingerprint density at radius 3 is 2.50 bits per heavy atom. The summed E-state index contributed by atoms with van der Waals surface area (Å²) in [5.74, 6) is -0.409. The molecule has 2 N–H and O–H groups in total. The van der Waals surface area contributed by atoms with Crippen molar-refractivity contribution in [1.29, 1.82) is 0 Å². The minimum Gasteiger partial charge on any atom is -0.350 e. The summed E-state index contributed by atoms with van der Waals surface area (Å²) in [6.45, 7) is 0.512. The van der Waals surface area contributed by atoms with E-state index in [9.17, 15) is 9.18 Å². The molecule has 0 aliphatic heterocycles. The van der Waals surface area contributed by atoms with Crippen LogP contribution in [0.15, 0.2) is 60.8 Å². The molecule has 0 radical (unpaired) electrons. The smallest absolute Gasteiger partial charge is 0.270 e. The molecular weight excluding hydrogens is 355 g/mol. The monoisotopic (exact) mass is 370 g/mol. The quantitative estimate of drug-likeness (QED) is 0.692. The summed E-state index contributed by atoms with van der Waals surface area (Å²) < 4.78 is 13.6. The van der Waals surface area contributed by atoms with E-state index in [1.165, 1.54) is 18.3 Å². The molecule has 7 heteroatoms. The van der Waals surface area contributed by atoms with Gasteiger partial charge >= 0.3 is 0 Å². The van der Waals surface area contributed by atoms with Crippen LogP contribution in [0.4, 0.5) is 10.3 Å². The van der Waals surface area contributed by atoms with E-state index >= 15 is 0 Å². The van der Waals surface area contributed by atoms with Crippen molar-refractivity contribution in [2.24, 2.45) is 0 Å². The summed E-state index contributed by atoms with van der Waals surface area (Å²) in [4.78, 5) is 20.5. The number of carbonyl (C=O) groups is 1. The van der Waals surface area contributed by atoms with Crippen molar-refractivity contribution in [2.75, 3.05) is 5.32 Å². The lowest BCUT2D eigenvalue weighted by molar-refractivity contribution is 0.0946. The Morgan fingerprint density at radius 1 is 1.00 bits per heavy atom. The van der Waals surface area contributed by atoms with Crippen molar-refractivity contribution in [3.63, 3.8) is 0 Å². The fourth-order valence-corrected chi connectivity index (χ4v) is 2.50. The lowest BCUT2D eigenvalue weighted by Gasteiger charge is -2.09. The minimum atomic E-state index is -0.346. The molecule has 1 aromatic heterocycles. The minimum absolute atomic E-state index is 0.211. The maximum Gasteiger partial charge on any atom is 0.270 e. The normalized spacial score (nSPS) is 10.4. The number of aromatic nitrogens is 2. The van der Waals surface area contributed by atoms with E-state index in [1.54, 1.807) is 24.3 Å². The second-order valence-corrected chi connectivity index (χ2v) is 5.89. The summed E-state index contributed by atoms with van der Waals surface area (Å²) in [6.07, 6.45) is 1.47. The molecule has 0 atom stereocenters. The lowest BCUT2D eigenvalue weighted by Crippen LogP contribution is -2.24. The van der Waals surface area contributed by atoms with Crippen LogP contribution in [-0.2, 0) is 13.1 Å². The zero-order valence-corrected chi connectivity index (χ0v) is 14.5. The highest BCUT2D eigenvalue weighted by Gasteiger charge is 2.10. The zero-order chi connectivity index (χ0) is 18.4. The highest BCUT2D eigenvalue weighted by Crippen LogP contribution is 2.14. The van der Waals surface area contributed by atoms with Crippen molar-refractivity contribution < 1.29 is 9.18 Å². The molecule has 2 aromatic carbocycles. The predicted octanol–water partition coefficient (Wildman–Crippen LogP) is 3.81. The molecular formula is C19H16ClFN4O. The summed E-state index contributed by atoms with van der Waals surface area (Å²) in [5.41, 5.74) is 1.52. The van der Waals surface area contributed by atoms with Gasteiger partial charge in [-0.25, -0.2) is 14.4 Å². The number of hydrogen-bond acceptors (Lipinski definition) is 4. The number of amides is 1. The first-order valence-electron chi connectivity index (χ1n) is 7.95. The second-order valence-electron chi connectivity index (χ2n) is 5.48. The number of hydrogen-bond donors (Lipinski definition) is 2. The molecule has 1 amide bonds. The summed E-state index contributed by atoms with van der Waals surface area (Å²) >= 11 is 6.07. The largest absolute Gasteiger partial charge is 0.350 e. The molecule has 0 bridgehead atoms. The highest BCUT2D eigenvalue weighted by atomic mass is 35.5. The van der Waals surface area contributed by atoms with Gasteiger partial charge in [-0.1, -0.05) is 48.0 Å². The van der Waals surface area contributed by atoms with Crippen molar-refractivity contribution in [1.82, 2.24) is 15.3 Å². The summed E-state index contributed by atoms with van der Waals surface area (Å²) in [6, 6.07) is 15.2. The van der Waals surface area contributed by atoms with Crippen molar-refractivity contribution >= 4 is 23.5 Å². The fraction of sp³-hybridized carbons (Fsp3) is 0.105. The SMILES string of the molecule is O=C(NCc1ccccc1Cl)c1ccnc(NCc2ccccc2F)n1. The molecule has 0 aliphatic rings. The average molecular weight is 371 g/mol. The van der Waals surface area contributed by atoms with E-state index in [2.05, 4.69) is 20.6 Å². The number of nitrogens with zero attached hydrogens (tertiary/aromatic N) is 2. The van der Waals surface area contributed by atoms with Crippen molar-refractivity contribution in [3.05, 3.63) is 88.5 Å². The van der Waals surface area contributed by atoms with Crippen LogP contribution in [0.2, 0.25) is 5.02 Å². The average Bonchev–Trinajstić information content (AvgIpc) is 2.67. The Hall–Kier alpha value is -2.99. The molecule has 0 saturated carbocycles. The van der Waals surface area contributed by atoms with Crippen LogP contribution in [0, 0.1) is 5.82 Å². The van der Waals surface area contributed by atoms with Gasteiger partial charge in [0.1, 0.15) is 11.5 Å². The first-order valence-corrected chi connectivity index (χ1v) is 8.33. The van der Waals surface area contributed by atoms with E-state index in [1.807, 2.05) is 18.2 Å². The number of carbonyl (C=O) groups excluding carboxylic acids is 1. The third kappa shape index (κ3) is 4.55. The molecule has 132 valence electrons. The van der Waals surface area contributed by atoms with Crippen LogP contribution < -0.4 is 10.6 Å². The Kier molecular flexibility index (Phi) is 5.76. The molecule has 3 rings (SSSR count). The Morgan fingerprint density at radius 2 is 1.73 bits per heavy atom. The van der Waals surface area contributed by atoms with Crippen LogP contribution in [0.1, 0.15) is 21.6 Å². The van der Waals surface area contributed by atoms with Crippen molar-refractivity contribution in [3.8, 4) is 0 Å². The van der Waals surface area contributed by atoms with E-state index in [0.717, 1.165) is 5.56 Å². The van der Waals surface area contributed by atoms with Crippen molar-refractivity contribution in [2.45, 2.75) is 13.1 Å². The standard InChI is InChI=1S/C19H16ClFN4O/c20-15-7-3-1-5-13(15)11-23-18(26)17-9-10-22-19(25-17)24-12-14-6-2-4-8-16(14)21/h1-10H,11-12H2,(H,23,26)(H,22,24,25). The van der Waals surface area contributed by atoms with Gasteiger partial charge in [-0.15, -0.1) is 0 Å². The molecule has 0 fully saturated rings. The zero-order valence-electron chi connectivity index (χ0n) is 13.7. The number of anilines is 1. The van der Waals surface area contributed by atoms with E-state index in [0.29, 0.717) is 17.1 Å². The predicted molar refractivity (Wildman–Crippen MR) is 98.4 cm³/mol. The van der Waals surface area contributed by atoms with Gasteiger partial charge in [-0.2, -0.15) is 0 Å². The molecule has 1 heterocycles.